The second-order valence-corrected chi connectivity index (χ2v) is 6.30. The molecule has 0 spiro atoms. The van der Waals surface area contributed by atoms with E-state index in [1.54, 1.807) is 0 Å². The number of benzene rings is 1. The average Bonchev–Trinajstić information content (AvgIpc) is 2.50. The first kappa shape index (κ1) is 14.3. The van der Waals surface area contributed by atoms with Crippen molar-refractivity contribution < 1.29 is 4.79 Å². The van der Waals surface area contributed by atoms with E-state index in [4.69, 9.17) is 0 Å². The maximum atomic E-state index is 12.6. The van der Waals surface area contributed by atoms with Gasteiger partial charge in [0.05, 0.1) is 5.41 Å². The molecule has 1 aliphatic carbocycles. The van der Waals surface area contributed by atoms with E-state index in [9.17, 15) is 4.79 Å². The van der Waals surface area contributed by atoms with Crippen LogP contribution in [0.5, 0.6) is 0 Å². The Labute approximate surface area is 126 Å². The zero-order valence-electron chi connectivity index (χ0n) is 12.5. The Morgan fingerprint density at radius 1 is 1.24 bits per heavy atom. The summed E-state index contributed by atoms with van der Waals surface area (Å²) >= 11 is 0. The van der Waals surface area contributed by atoms with Crippen LogP contribution < -0.4 is 10.6 Å². The Balaban J connectivity index is 1.59. The molecule has 1 fully saturated rings. The van der Waals surface area contributed by atoms with E-state index in [1.165, 1.54) is 17.6 Å². The second-order valence-electron chi connectivity index (χ2n) is 6.30. The van der Waals surface area contributed by atoms with Crippen molar-refractivity contribution in [1.29, 1.82) is 0 Å². The van der Waals surface area contributed by atoms with Gasteiger partial charge in [-0.2, -0.15) is 0 Å². The van der Waals surface area contributed by atoms with Crippen molar-refractivity contribution in [1.82, 2.24) is 10.6 Å². The van der Waals surface area contributed by atoms with Crippen LogP contribution in [-0.2, 0) is 11.2 Å². The topological polar surface area (TPSA) is 41.1 Å². The van der Waals surface area contributed by atoms with Crippen molar-refractivity contribution in [2.45, 2.75) is 32.1 Å². The van der Waals surface area contributed by atoms with Crippen LogP contribution in [0.4, 0.5) is 0 Å². The van der Waals surface area contributed by atoms with Gasteiger partial charge in [0, 0.05) is 13.1 Å². The highest BCUT2D eigenvalue weighted by Crippen LogP contribution is 2.44. The molecular formula is C18H24N2O. The van der Waals surface area contributed by atoms with Gasteiger partial charge in [0.15, 0.2) is 0 Å². The number of hydrogen-bond acceptors (Lipinski definition) is 2. The molecule has 0 radical (unpaired) electrons. The van der Waals surface area contributed by atoms with Gasteiger partial charge < -0.3 is 10.6 Å². The molecule has 1 aromatic carbocycles. The van der Waals surface area contributed by atoms with Crippen LogP contribution in [0, 0.1) is 5.41 Å². The minimum Gasteiger partial charge on any atom is -0.352 e. The van der Waals surface area contributed by atoms with Crippen molar-refractivity contribution in [3.05, 3.63) is 47.5 Å². The molecule has 1 aliphatic heterocycles. The number of rotatable bonds is 5. The van der Waals surface area contributed by atoms with Crippen molar-refractivity contribution in [2.24, 2.45) is 5.41 Å². The molecule has 0 aromatic heterocycles. The summed E-state index contributed by atoms with van der Waals surface area (Å²) in [5.41, 5.74) is 2.47. The number of hydrogen-bond donors (Lipinski definition) is 2. The normalized spacial score (nSPS) is 20.3. The molecule has 2 N–H and O–H groups in total. The highest BCUT2D eigenvalue weighted by molar-refractivity contribution is 5.84. The summed E-state index contributed by atoms with van der Waals surface area (Å²) in [6.45, 7) is 2.67. The highest BCUT2D eigenvalue weighted by atomic mass is 16.2. The monoisotopic (exact) mass is 284 g/mol. The van der Waals surface area contributed by atoms with Crippen LogP contribution in [0.25, 0.3) is 0 Å². The van der Waals surface area contributed by atoms with E-state index >= 15 is 0 Å². The predicted octanol–water partition coefficient (Wildman–Crippen LogP) is 2.44. The van der Waals surface area contributed by atoms with Crippen LogP contribution in [0.2, 0.25) is 0 Å². The van der Waals surface area contributed by atoms with E-state index in [0.717, 1.165) is 45.3 Å². The van der Waals surface area contributed by atoms with Crippen LogP contribution >= 0.6 is 0 Å². The molecular weight excluding hydrogens is 260 g/mol. The van der Waals surface area contributed by atoms with Crippen molar-refractivity contribution in [2.75, 3.05) is 19.6 Å². The Kier molecular flexibility index (Phi) is 4.39. The third-order valence-electron chi connectivity index (χ3n) is 4.81. The largest absolute Gasteiger partial charge is 0.352 e. The lowest BCUT2D eigenvalue weighted by molar-refractivity contribution is -0.135. The predicted molar refractivity (Wildman–Crippen MR) is 85.0 cm³/mol. The Bertz CT molecular complexity index is 517. The summed E-state index contributed by atoms with van der Waals surface area (Å²) in [4.78, 5) is 12.6. The average molecular weight is 284 g/mol. The fourth-order valence-corrected chi connectivity index (χ4v) is 3.29. The first-order valence-electron chi connectivity index (χ1n) is 7.99. The van der Waals surface area contributed by atoms with Gasteiger partial charge in [-0.25, -0.2) is 0 Å². The molecule has 0 unspecified atom stereocenters. The zero-order valence-corrected chi connectivity index (χ0v) is 12.5. The van der Waals surface area contributed by atoms with Gasteiger partial charge in [-0.1, -0.05) is 48.4 Å². The van der Waals surface area contributed by atoms with E-state index in [1.807, 2.05) is 6.07 Å². The summed E-state index contributed by atoms with van der Waals surface area (Å²) in [6, 6.07) is 10.4. The molecule has 3 heteroatoms. The number of amides is 1. The van der Waals surface area contributed by atoms with Crippen molar-refractivity contribution >= 4 is 5.91 Å². The minimum absolute atomic E-state index is 0.158. The molecule has 1 saturated carbocycles. The smallest absolute Gasteiger partial charge is 0.226 e. The molecule has 3 rings (SSSR count). The van der Waals surface area contributed by atoms with Gasteiger partial charge in [-0.05, 0) is 37.8 Å². The Morgan fingerprint density at radius 3 is 2.67 bits per heavy atom. The number of carbonyl (C=O) groups is 1. The molecule has 1 aromatic rings. The van der Waals surface area contributed by atoms with E-state index < -0.39 is 0 Å². The van der Waals surface area contributed by atoms with Crippen LogP contribution in [0.1, 0.15) is 31.2 Å². The molecule has 112 valence electrons. The molecule has 0 atom stereocenters. The van der Waals surface area contributed by atoms with Gasteiger partial charge in [-0.15, -0.1) is 0 Å². The number of carbonyl (C=O) groups excluding carboxylic acids is 1. The molecule has 1 heterocycles. The van der Waals surface area contributed by atoms with E-state index in [0.29, 0.717) is 0 Å². The third kappa shape index (κ3) is 3.35. The van der Waals surface area contributed by atoms with E-state index in [2.05, 4.69) is 41.0 Å². The van der Waals surface area contributed by atoms with Gasteiger partial charge >= 0.3 is 0 Å². The quantitative estimate of drug-likeness (QED) is 0.815. The molecule has 0 saturated heterocycles. The SMILES string of the molecule is O=C(NCC1=CCNCC1)C1(Cc2ccccc2)CCC1. The third-order valence-corrected chi connectivity index (χ3v) is 4.81. The highest BCUT2D eigenvalue weighted by Gasteiger charge is 2.43. The van der Waals surface area contributed by atoms with Crippen LogP contribution in [-0.4, -0.2) is 25.5 Å². The van der Waals surface area contributed by atoms with Crippen LogP contribution in [0.3, 0.4) is 0 Å². The fraction of sp³-hybridized carbons (Fsp3) is 0.500. The van der Waals surface area contributed by atoms with Crippen molar-refractivity contribution in [3.8, 4) is 0 Å². The standard InChI is InChI=1S/C18H24N2O/c21-17(20-14-16-7-11-19-12-8-16)18(9-4-10-18)13-15-5-2-1-3-6-15/h1-3,5-7,19H,4,8-14H2,(H,20,21). The van der Waals surface area contributed by atoms with Gasteiger partial charge in [0.1, 0.15) is 0 Å². The molecule has 2 aliphatic rings. The first-order valence-corrected chi connectivity index (χ1v) is 7.99. The Hall–Kier alpha value is -1.61. The lowest BCUT2D eigenvalue weighted by Crippen LogP contribution is -2.47. The molecule has 3 nitrogen and oxygen atoms in total. The summed E-state index contributed by atoms with van der Waals surface area (Å²) in [6.07, 6.45) is 7.34. The first-order chi connectivity index (χ1) is 10.3. The van der Waals surface area contributed by atoms with Gasteiger partial charge in [0.25, 0.3) is 0 Å². The summed E-state index contributed by atoms with van der Waals surface area (Å²) in [5, 5.41) is 6.48. The molecule has 1 amide bonds. The molecule has 21 heavy (non-hydrogen) atoms. The zero-order chi connectivity index (χ0) is 14.5. The second kappa shape index (κ2) is 6.44. The lowest BCUT2D eigenvalue weighted by atomic mass is 9.64. The van der Waals surface area contributed by atoms with Gasteiger partial charge in [0.2, 0.25) is 5.91 Å². The summed E-state index contributed by atoms with van der Waals surface area (Å²) < 4.78 is 0. The fourth-order valence-electron chi connectivity index (χ4n) is 3.29. The number of nitrogens with one attached hydrogen (secondary N) is 2. The Morgan fingerprint density at radius 2 is 2.05 bits per heavy atom. The van der Waals surface area contributed by atoms with E-state index in [-0.39, 0.29) is 11.3 Å². The summed E-state index contributed by atoms with van der Waals surface area (Å²) in [5.74, 6) is 0.247. The van der Waals surface area contributed by atoms with Crippen LogP contribution in [0.15, 0.2) is 42.0 Å². The van der Waals surface area contributed by atoms with Crippen molar-refractivity contribution in [3.63, 3.8) is 0 Å². The maximum Gasteiger partial charge on any atom is 0.226 e. The lowest BCUT2D eigenvalue weighted by Gasteiger charge is -2.40. The summed E-state index contributed by atoms with van der Waals surface area (Å²) in [7, 11) is 0. The molecule has 0 bridgehead atoms. The maximum absolute atomic E-state index is 12.6. The van der Waals surface area contributed by atoms with Gasteiger partial charge in [-0.3, -0.25) is 4.79 Å². The minimum atomic E-state index is -0.158.